The molecule has 0 N–H and O–H groups in total. The summed E-state index contributed by atoms with van der Waals surface area (Å²) in [5.74, 6) is -0.111. The maximum Gasteiger partial charge on any atom is 0.127 e. The summed E-state index contributed by atoms with van der Waals surface area (Å²) in [5, 5.41) is 2.14. The van der Waals surface area contributed by atoms with Crippen molar-refractivity contribution in [3.8, 4) is 0 Å². The monoisotopic (exact) mass is 188 g/mol. The lowest BCUT2D eigenvalue weighted by atomic mass is 9.99. The molecule has 2 rings (SSSR count). The summed E-state index contributed by atoms with van der Waals surface area (Å²) in [4.78, 5) is 0. The molecule has 0 aliphatic rings. The molecule has 0 spiro atoms. The largest absolute Gasteiger partial charge is 0.207 e. The Balaban J connectivity index is 2.91. The minimum Gasteiger partial charge on any atom is -0.207 e. The van der Waals surface area contributed by atoms with Gasteiger partial charge in [-0.25, -0.2) is 4.39 Å². The van der Waals surface area contributed by atoms with Gasteiger partial charge in [-0.1, -0.05) is 23.8 Å². The van der Waals surface area contributed by atoms with Gasteiger partial charge in [0.1, 0.15) is 5.82 Å². The number of aryl methyl sites for hydroxylation is 2. The van der Waals surface area contributed by atoms with Gasteiger partial charge in [0.05, 0.1) is 0 Å². The van der Waals surface area contributed by atoms with Crippen LogP contribution in [0.3, 0.4) is 0 Å². The molecule has 0 unspecified atom stereocenters. The topological polar surface area (TPSA) is 0 Å². The minimum absolute atomic E-state index is 0.111. The molecule has 0 saturated heterocycles. The van der Waals surface area contributed by atoms with E-state index in [4.69, 9.17) is 0 Å². The van der Waals surface area contributed by atoms with Crippen LogP contribution in [0.25, 0.3) is 10.8 Å². The summed E-state index contributed by atoms with van der Waals surface area (Å²) in [6.45, 7) is 5.81. The Bertz CT molecular complexity index is 498. The van der Waals surface area contributed by atoms with E-state index in [1.54, 1.807) is 6.07 Å². The molecule has 0 radical (unpaired) electrons. The molecule has 72 valence electrons. The number of hydrogen-bond acceptors (Lipinski definition) is 0. The number of rotatable bonds is 0. The molecule has 0 nitrogen and oxygen atoms in total. The molecule has 0 heterocycles. The average Bonchev–Trinajstić information content (AvgIpc) is 2.14. The summed E-state index contributed by atoms with van der Waals surface area (Å²) in [6, 6.07) is 7.76. The van der Waals surface area contributed by atoms with Gasteiger partial charge in [-0.15, -0.1) is 0 Å². The highest BCUT2D eigenvalue weighted by Gasteiger charge is 2.05. The fourth-order valence-electron chi connectivity index (χ4n) is 1.77. The van der Waals surface area contributed by atoms with Crippen molar-refractivity contribution >= 4 is 10.8 Å². The Morgan fingerprint density at radius 2 is 1.64 bits per heavy atom. The molecule has 0 aliphatic carbocycles. The lowest BCUT2D eigenvalue weighted by Gasteiger charge is -2.07. The van der Waals surface area contributed by atoms with Crippen LogP contribution in [0, 0.1) is 26.6 Å². The molecule has 1 heteroatoms. The lowest BCUT2D eigenvalue weighted by molar-refractivity contribution is 0.619. The van der Waals surface area contributed by atoms with Crippen molar-refractivity contribution in [3.05, 3.63) is 46.8 Å². The Kier molecular flexibility index (Phi) is 2.03. The number of halogens is 1. The van der Waals surface area contributed by atoms with E-state index in [0.717, 1.165) is 21.9 Å². The molecule has 2 aromatic carbocycles. The summed E-state index contributed by atoms with van der Waals surface area (Å²) in [6.07, 6.45) is 0. The zero-order valence-electron chi connectivity index (χ0n) is 8.69. The third kappa shape index (κ3) is 1.29. The SMILES string of the molecule is Cc1ccc2c(C)c(C)c(F)cc2c1. The molecular weight excluding hydrogens is 175 g/mol. The van der Waals surface area contributed by atoms with E-state index in [9.17, 15) is 4.39 Å². The number of benzene rings is 2. The van der Waals surface area contributed by atoms with E-state index in [1.165, 1.54) is 5.56 Å². The second-order valence-corrected chi connectivity index (χ2v) is 3.83. The van der Waals surface area contributed by atoms with Crippen LogP contribution in [0.5, 0.6) is 0 Å². The van der Waals surface area contributed by atoms with E-state index in [0.29, 0.717) is 0 Å². The maximum atomic E-state index is 13.4. The quantitative estimate of drug-likeness (QED) is 0.588. The van der Waals surface area contributed by atoms with Crippen LogP contribution in [0.2, 0.25) is 0 Å². The van der Waals surface area contributed by atoms with Crippen molar-refractivity contribution in [3.63, 3.8) is 0 Å². The van der Waals surface area contributed by atoms with Crippen LogP contribution in [0.15, 0.2) is 24.3 Å². The summed E-state index contributed by atoms with van der Waals surface area (Å²) in [7, 11) is 0. The molecule has 0 aromatic heterocycles. The fraction of sp³-hybridized carbons (Fsp3) is 0.231. The highest BCUT2D eigenvalue weighted by atomic mass is 19.1. The average molecular weight is 188 g/mol. The maximum absolute atomic E-state index is 13.4. The second-order valence-electron chi connectivity index (χ2n) is 3.83. The van der Waals surface area contributed by atoms with Crippen molar-refractivity contribution < 1.29 is 4.39 Å². The van der Waals surface area contributed by atoms with E-state index >= 15 is 0 Å². The summed E-state index contributed by atoms with van der Waals surface area (Å²) in [5.41, 5.74) is 2.96. The third-order valence-electron chi connectivity index (χ3n) is 2.81. The first-order chi connectivity index (χ1) is 6.59. The highest BCUT2D eigenvalue weighted by molar-refractivity contribution is 5.87. The number of fused-ring (bicyclic) bond motifs is 1. The van der Waals surface area contributed by atoms with E-state index < -0.39 is 0 Å². The van der Waals surface area contributed by atoms with Crippen molar-refractivity contribution in [2.24, 2.45) is 0 Å². The summed E-state index contributed by atoms with van der Waals surface area (Å²) >= 11 is 0. The predicted octanol–water partition coefficient (Wildman–Crippen LogP) is 3.90. The van der Waals surface area contributed by atoms with Gasteiger partial charge in [0.2, 0.25) is 0 Å². The van der Waals surface area contributed by atoms with E-state index in [2.05, 4.69) is 12.1 Å². The molecule has 0 amide bonds. The highest BCUT2D eigenvalue weighted by Crippen LogP contribution is 2.24. The Hall–Kier alpha value is -1.37. The first kappa shape index (κ1) is 9.20. The standard InChI is InChI=1S/C13H13F/c1-8-4-5-12-9(2)10(3)13(14)7-11(12)6-8/h4-7H,1-3H3. The fourth-order valence-corrected chi connectivity index (χ4v) is 1.77. The van der Waals surface area contributed by atoms with E-state index in [1.807, 2.05) is 26.8 Å². The smallest absolute Gasteiger partial charge is 0.127 e. The molecule has 0 bridgehead atoms. The lowest BCUT2D eigenvalue weighted by Crippen LogP contribution is -1.89. The van der Waals surface area contributed by atoms with Gasteiger partial charge in [-0.2, -0.15) is 0 Å². The van der Waals surface area contributed by atoms with Crippen molar-refractivity contribution in [1.82, 2.24) is 0 Å². The van der Waals surface area contributed by atoms with Gasteiger partial charge in [0.15, 0.2) is 0 Å². The molecule has 0 saturated carbocycles. The van der Waals surface area contributed by atoms with Crippen molar-refractivity contribution in [2.45, 2.75) is 20.8 Å². The zero-order chi connectivity index (χ0) is 10.3. The van der Waals surface area contributed by atoms with E-state index in [-0.39, 0.29) is 5.82 Å². The number of hydrogen-bond donors (Lipinski definition) is 0. The first-order valence-electron chi connectivity index (χ1n) is 4.75. The third-order valence-corrected chi connectivity index (χ3v) is 2.81. The van der Waals surface area contributed by atoms with Crippen molar-refractivity contribution in [1.29, 1.82) is 0 Å². The summed E-state index contributed by atoms with van der Waals surface area (Å²) < 4.78 is 13.4. The Morgan fingerprint density at radius 1 is 0.929 bits per heavy atom. The molecular formula is C13H13F. The van der Waals surface area contributed by atoms with Gasteiger partial charge >= 0.3 is 0 Å². The van der Waals surface area contributed by atoms with Gasteiger partial charge < -0.3 is 0 Å². The Labute approximate surface area is 83.4 Å². The van der Waals surface area contributed by atoms with Crippen molar-refractivity contribution in [2.75, 3.05) is 0 Å². The first-order valence-corrected chi connectivity index (χ1v) is 4.75. The van der Waals surface area contributed by atoms with Gasteiger partial charge in [0.25, 0.3) is 0 Å². The molecule has 0 aliphatic heterocycles. The van der Waals surface area contributed by atoms with Crippen LogP contribution in [-0.2, 0) is 0 Å². The van der Waals surface area contributed by atoms with Crippen LogP contribution in [-0.4, -0.2) is 0 Å². The van der Waals surface area contributed by atoms with Crippen LogP contribution >= 0.6 is 0 Å². The predicted molar refractivity (Wildman–Crippen MR) is 58.1 cm³/mol. The normalized spacial score (nSPS) is 10.9. The molecule has 14 heavy (non-hydrogen) atoms. The van der Waals surface area contributed by atoms with Gasteiger partial charge in [-0.3, -0.25) is 0 Å². The van der Waals surface area contributed by atoms with Gasteiger partial charge in [0, 0.05) is 0 Å². The van der Waals surface area contributed by atoms with Crippen LogP contribution in [0.1, 0.15) is 16.7 Å². The van der Waals surface area contributed by atoms with Gasteiger partial charge in [-0.05, 0) is 48.7 Å². The van der Waals surface area contributed by atoms with Crippen LogP contribution in [0.4, 0.5) is 4.39 Å². The molecule has 2 aromatic rings. The zero-order valence-corrected chi connectivity index (χ0v) is 8.69. The molecule has 0 atom stereocenters. The Morgan fingerprint density at radius 3 is 2.36 bits per heavy atom. The second kappa shape index (κ2) is 3.09. The molecule has 0 fully saturated rings. The minimum atomic E-state index is -0.111. The van der Waals surface area contributed by atoms with Crippen LogP contribution < -0.4 is 0 Å².